The Morgan fingerprint density at radius 3 is 1.19 bits per heavy atom. The van der Waals surface area contributed by atoms with Crippen molar-refractivity contribution in [3.63, 3.8) is 0 Å². The van der Waals surface area contributed by atoms with Crippen LogP contribution in [0.2, 0.25) is 0 Å². The summed E-state index contributed by atoms with van der Waals surface area (Å²) in [5.74, 6) is -2.06. The summed E-state index contributed by atoms with van der Waals surface area (Å²) in [6, 6.07) is 8.81. The summed E-state index contributed by atoms with van der Waals surface area (Å²) in [4.78, 5) is 66.5. The smallest absolute Gasteiger partial charge is 0.262 e. The molecule has 2 heterocycles. The summed E-state index contributed by atoms with van der Waals surface area (Å²) in [5.41, 5.74) is -0.0415. The van der Waals surface area contributed by atoms with Crippen LogP contribution in [0.25, 0.3) is 0 Å². The van der Waals surface area contributed by atoms with E-state index in [9.17, 15) is 24.0 Å². The lowest BCUT2D eigenvalue weighted by atomic mass is 9.96. The van der Waals surface area contributed by atoms with E-state index in [0.717, 1.165) is 0 Å². The third-order valence-electron chi connectivity index (χ3n) is 5.64. The number of hydrogen-bond acceptors (Lipinski definition) is 5. The number of benzene rings is 2. The first-order valence-electron chi connectivity index (χ1n) is 10.3. The first kappa shape index (κ1) is 21.6. The number of ketones is 1. The lowest BCUT2D eigenvalue weighted by Gasteiger charge is -2.29. The Hall–Kier alpha value is -3.61. The number of carbonyl (C=O) groups excluding carboxylic acids is 5. The predicted molar refractivity (Wildman–Crippen MR) is 117 cm³/mol. The molecule has 0 aromatic heterocycles. The van der Waals surface area contributed by atoms with Gasteiger partial charge in [0.25, 0.3) is 23.6 Å². The van der Waals surface area contributed by atoms with Crippen molar-refractivity contribution in [2.24, 2.45) is 0 Å². The van der Waals surface area contributed by atoms with Crippen LogP contribution in [0.15, 0.2) is 36.4 Å². The van der Waals surface area contributed by atoms with Gasteiger partial charge >= 0.3 is 0 Å². The van der Waals surface area contributed by atoms with E-state index in [1.54, 1.807) is 41.5 Å². The van der Waals surface area contributed by atoms with Crippen LogP contribution in [0.5, 0.6) is 0 Å². The van der Waals surface area contributed by atoms with Gasteiger partial charge in [0, 0.05) is 22.2 Å². The van der Waals surface area contributed by atoms with Crippen LogP contribution in [-0.2, 0) is 0 Å². The molecule has 0 N–H and O–H groups in total. The molecule has 2 aromatic rings. The Morgan fingerprint density at radius 2 is 0.875 bits per heavy atom. The number of amides is 4. The zero-order valence-electron chi connectivity index (χ0n) is 18.9. The number of fused-ring (bicyclic) bond motifs is 2. The molecule has 0 aliphatic carbocycles. The topological polar surface area (TPSA) is 91.8 Å². The third kappa shape index (κ3) is 3.07. The number of imide groups is 2. The number of carbonyl (C=O) groups is 5. The summed E-state index contributed by atoms with van der Waals surface area (Å²) in [6.45, 7) is 10.6. The van der Waals surface area contributed by atoms with E-state index in [-0.39, 0.29) is 45.2 Å². The minimum atomic E-state index is -0.691. The highest BCUT2D eigenvalue weighted by Gasteiger charge is 2.43. The highest BCUT2D eigenvalue weighted by molar-refractivity contribution is 6.24. The lowest BCUT2D eigenvalue weighted by Crippen LogP contribution is -2.45. The molecule has 2 aliphatic rings. The number of nitrogens with zero attached hydrogens (tertiary/aromatic N) is 2. The van der Waals surface area contributed by atoms with Crippen LogP contribution in [0.4, 0.5) is 0 Å². The number of hydrogen-bond donors (Lipinski definition) is 0. The molecule has 7 nitrogen and oxygen atoms in total. The van der Waals surface area contributed by atoms with E-state index in [1.807, 2.05) is 0 Å². The van der Waals surface area contributed by atoms with Crippen molar-refractivity contribution >= 4 is 29.4 Å². The van der Waals surface area contributed by atoms with Crippen molar-refractivity contribution < 1.29 is 24.0 Å². The van der Waals surface area contributed by atoms with Gasteiger partial charge in [0.2, 0.25) is 0 Å². The van der Waals surface area contributed by atoms with Crippen molar-refractivity contribution in [2.45, 2.75) is 52.6 Å². The van der Waals surface area contributed by atoms with Crippen molar-refractivity contribution in [3.05, 3.63) is 69.8 Å². The van der Waals surface area contributed by atoms with Crippen molar-refractivity contribution in [1.29, 1.82) is 0 Å². The van der Waals surface area contributed by atoms with Crippen LogP contribution in [0.1, 0.15) is 98.9 Å². The molecule has 2 aromatic carbocycles. The van der Waals surface area contributed by atoms with Crippen LogP contribution in [-0.4, -0.2) is 50.3 Å². The van der Waals surface area contributed by atoms with E-state index in [4.69, 9.17) is 0 Å². The largest absolute Gasteiger partial charge is 0.289 e. The second-order valence-electron chi connectivity index (χ2n) is 10.1. The molecule has 0 saturated heterocycles. The van der Waals surface area contributed by atoms with Crippen molar-refractivity contribution in [1.82, 2.24) is 9.80 Å². The fourth-order valence-corrected chi connectivity index (χ4v) is 4.15. The van der Waals surface area contributed by atoms with Gasteiger partial charge in [-0.25, -0.2) is 0 Å². The molecule has 0 radical (unpaired) electrons. The molecule has 164 valence electrons. The normalized spacial score (nSPS) is 16.1. The van der Waals surface area contributed by atoms with E-state index in [0.29, 0.717) is 0 Å². The molecule has 32 heavy (non-hydrogen) atoms. The summed E-state index contributed by atoms with van der Waals surface area (Å²) in [7, 11) is 0. The van der Waals surface area contributed by atoms with E-state index < -0.39 is 28.7 Å². The molecule has 0 fully saturated rings. The second kappa shape index (κ2) is 6.69. The quantitative estimate of drug-likeness (QED) is 0.533. The highest BCUT2D eigenvalue weighted by atomic mass is 16.2. The summed E-state index contributed by atoms with van der Waals surface area (Å²) in [5, 5.41) is 0. The average molecular weight is 432 g/mol. The molecular weight excluding hydrogens is 408 g/mol. The SMILES string of the molecule is CC(C)(C)N1C(=O)c2ccc(C(=O)c3ccc4c(c3)C(=O)N(C(C)(C)C)C4=O)cc2C1=O. The van der Waals surface area contributed by atoms with Gasteiger partial charge in [-0.05, 0) is 65.8 Å². The van der Waals surface area contributed by atoms with E-state index >= 15 is 0 Å². The van der Waals surface area contributed by atoms with Gasteiger partial charge in [0.1, 0.15) is 0 Å². The molecule has 0 unspecified atom stereocenters. The van der Waals surface area contributed by atoms with Gasteiger partial charge < -0.3 is 0 Å². The van der Waals surface area contributed by atoms with E-state index in [1.165, 1.54) is 46.2 Å². The van der Waals surface area contributed by atoms with E-state index in [2.05, 4.69) is 0 Å². The molecule has 4 amide bonds. The maximum Gasteiger partial charge on any atom is 0.262 e. The molecule has 2 aliphatic heterocycles. The molecule has 4 rings (SSSR count). The van der Waals surface area contributed by atoms with Crippen LogP contribution in [0.3, 0.4) is 0 Å². The first-order chi connectivity index (χ1) is 14.7. The fourth-order valence-electron chi connectivity index (χ4n) is 4.15. The first-order valence-corrected chi connectivity index (χ1v) is 10.3. The molecule has 7 heteroatoms. The molecular formula is C25H24N2O5. The Kier molecular flexibility index (Phi) is 4.52. The van der Waals surface area contributed by atoms with Crippen molar-refractivity contribution in [2.75, 3.05) is 0 Å². The monoisotopic (exact) mass is 432 g/mol. The third-order valence-corrected chi connectivity index (χ3v) is 5.64. The van der Waals surface area contributed by atoms with Crippen LogP contribution >= 0.6 is 0 Å². The van der Waals surface area contributed by atoms with Gasteiger partial charge in [-0.2, -0.15) is 0 Å². The Balaban J connectivity index is 1.71. The summed E-state index contributed by atoms with van der Waals surface area (Å²) in [6.07, 6.45) is 0. The Labute approximate surface area is 186 Å². The second-order valence-corrected chi connectivity index (χ2v) is 10.1. The molecule has 0 spiro atoms. The maximum atomic E-state index is 13.2. The maximum absolute atomic E-state index is 13.2. The van der Waals surface area contributed by atoms with Gasteiger partial charge in [-0.3, -0.25) is 33.8 Å². The predicted octanol–water partition coefficient (Wildman–Crippen LogP) is 3.71. The number of rotatable bonds is 2. The van der Waals surface area contributed by atoms with Crippen molar-refractivity contribution in [3.8, 4) is 0 Å². The van der Waals surface area contributed by atoms with Gasteiger partial charge in [-0.1, -0.05) is 12.1 Å². The molecule has 0 bridgehead atoms. The summed E-state index contributed by atoms with van der Waals surface area (Å²) >= 11 is 0. The van der Waals surface area contributed by atoms with Crippen LogP contribution < -0.4 is 0 Å². The Bertz CT molecular complexity index is 1150. The molecule has 0 saturated carbocycles. The average Bonchev–Trinajstić information content (AvgIpc) is 3.10. The zero-order chi connectivity index (χ0) is 23.7. The summed E-state index contributed by atoms with van der Waals surface area (Å²) < 4.78 is 0. The van der Waals surface area contributed by atoms with Crippen LogP contribution in [0, 0.1) is 0 Å². The fraction of sp³-hybridized carbons (Fsp3) is 0.320. The van der Waals surface area contributed by atoms with Gasteiger partial charge in [-0.15, -0.1) is 0 Å². The minimum Gasteiger partial charge on any atom is -0.289 e. The highest BCUT2D eigenvalue weighted by Crippen LogP contribution is 2.32. The Morgan fingerprint density at radius 1 is 0.562 bits per heavy atom. The lowest BCUT2D eigenvalue weighted by molar-refractivity contribution is 0.0489. The van der Waals surface area contributed by atoms with Gasteiger partial charge in [0.05, 0.1) is 22.3 Å². The minimum absolute atomic E-state index is 0.182. The standard InChI is InChI=1S/C25H24N2O5/c1-24(2,3)26-20(29)15-9-7-13(11-17(15)22(26)31)19(28)14-8-10-16-18(12-14)23(32)27(21(16)30)25(4,5)6/h7-12H,1-6H3. The van der Waals surface area contributed by atoms with Gasteiger partial charge in [0.15, 0.2) is 5.78 Å². The molecule has 0 atom stereocenters. The zero-order valence-corrected chi connectivity index (χ0v) is 18.9.